The van der Waals surface area contributed by atoms with Crippen LogP contribution in [0.4, 0.5) is 0 Å². The number of nitrogens with one attached hydrogen (secondary N) is 1. The molecular formula is C11H14INO. The molecule has 1 aliphatic carbocycles. The van der Waals surface area contributed by atoms with Crippen molar-refractivity contribution in [3.63, 3.8) is 0 Å². The maximum absolute atomic E-state index is 5.79. The van der Waals surface area contributed by atoms with Crippen LogP contribution in [0, 0.1) is 3.57 Å². The topological polar surface area (TPSA) is 21.3 Å². The Morgan fingerprint density at radius 2 is 1.93 bits per heavy atom. The van der Waals surface area contributed by atoms with Crippen molar-refractivity contribution in [2.45, 2.75) is 25.0 Å². The van der Waals surface area contributed by atoms with E-state index in [1.807, 2.05) is 19.2 Å². The first kappa shape index (κ1) is 10.2. The lowest BCUT2D eigenvalue weighted by molar-refractivity contribution is 0.0885. The molecule has 0 aliphatic heterocycles. The van der Waals surface area contributed by atoms with Gasteiger partial charge in [-0.15, -0.1) is 0 Å². The first-order valence-corrected chi connectivity index (χ1v) is 5.95. The minimum absolute atomic E-state index is 0.410. The fourth-order valence-electron chi connectivity index (χ4n) is 1.60. The first-order chi connectivity index (χ1) is 6.78. The molecule has 0 amide bonds. The van der Waals surface area contributed by atoms with E-state index in [2.05, 4.69) is 40.0 Å². The van der Waals surface area contributed by atoms with Crippen LogP contribution in [0.1, 0.15) is 12.8 Å². The van der Waals surface area contributed by atoms with Gasteiger partial charge in [-0.1, -0.05) is 0 Å². The average Bonchev–Trinajstić information content (AvgIpc) is 2.13. The zero-order valence-corrected chi connectivity index (χ0v) is 10.3. The molecule has 1 saturated carbocycles. The van der Waals surface area contributed by atoms with Gasteiger partial charge in [0, 0.05) is 9.61 Å². The highest BCUT2D eigenvalue weighted by Crippen LogP contribution is 2.25. The van der Waals surface area contributed by atoms with Crippen LogP contribution in [0.25, 0.3) is 0 Å². The second-order valence-electron chi connectivity index (χ2n) is 3.65. The van der Waals surface area contributed by atoms with Gasteiger partial charge in [-0.3, -0.25) is 0 Å². The van der Waals surface area contributed by atoms with Gasteiger partial charge in [-0.2, -0.15) is 0 Å². The molecular weight excluding hydrogens is 289 g/mol. The smallest absolute Gasteiger partial charge is 0.119 e. The summed E-state index contributed by atoms with van der Waals surface area (Å²) < 4.78 is 7.04. The van der Waals surface area contributed by atoms with E-state index in [4.69, 9.17) is 4.74 Å². The lowest BCUT2D eigenvalue weighted by atomic mass is 9.89. The predicted molar refractivity (Wildman–Crippen MR) is 65.7 cm³/mol. The van der Waals surface area contributed by atoms with Gasteiger partial charge in [0.05, 0.1) is 0 Å². The summed E-state index contributed by atoms with van der Waals surface area (Å²) in [5.74, 6) is 0.991. The molecule has 1 aromatic rings. The highest BCUT2D eigenvalue weighted by atomic mass is 127. The third-order valence-corrected chi connectivity index (χ3v) is 3.34. The Kier molecular flexibility index (Phi) is 3.28. The van der Waals surface area contributed by atoms with Gasteiger partial charge >= 0.3 is 0 Å². The van der Waals surface area contributed by atoms with E-state index in [-0.39, 0.29) is 0 Å². The minimum atomic E-state index is 0.410. The van der Waals surface area contributed by atoms with Gasteiger partial charge in [-0.25, -0.2) is 0 Å². The number of hydrogen-bond acceptors (Lipinski definition) is 2. The van der Waals surface area contributed by atoms with Crippen LogP contribution in [-0.2, 0) is 0 Å². The van der Waals surface area contributed by atoms with Gasteiger partial charge in [-0.05, 0) is 66.7 Å². The summed E-state index contributed by atoms with van der Waals surface area (Å²) in [6.45, 7) is 0. The van der Waals surface area contributed by atoms with Crippen LogP contribution in [0.2, 0.25) is 0 Å². The molecule has 1 aromatic carbocycles. The number of hydrogen-bond donors (Lipinski definition) is 1. The number of ether oxygens (including phenoxy) is 1. The number of rotatable bonds is 3. The van der Waals surface area contributed by atoms with Crippen molar-refractivity contribution < 1.29 is 4.74 Å². The average molecular weight is 303 g/mol. The summed E-state index contributed by atoms with van der Waals surface area (Å²) in [5.41, 5.74) is 0. The summed E-state index contributed by atoms with van der Waals surface area (Å²) in [5, 5.41) is 3.25. The fraction of sp³-hybridized carbons (Fsp3) is 0.455. The normalized spacial score (nSPS) is 25.6. The molecule has 0 atom stereocenters. The summed E-state index contributed by atoms with van der Waals surface area (Å²) in [6.07, 6.45) is 2.66. The standard InChI is InChI=1S/C11H14INO/c1-13-9-6-11(7-9)14-10-4-2-8(12)3-5-10/h2-5,9,11,13H,6-7H2,1H3. The number of halogens is 1. The quantitative estimate of drug-likeness (QED) is 0.866. The molecule has 0 spiro atoms. The predicted octanol–water partition coefficient (Wildman–Crippen LogP) is 2.42. The van der Waals surface area contributed by atoms with Gasteiger partial charge in [0.1, 0.15) is 11.9 Å². The third-order valence-electron chi connectivity index (χ3n) is 2.62. The lowest BCUT2D eigenvalue weighted by Crippen LogP contribution is -2.45. The Morgan fingerprint density at radius 3 is 2.50 bits per heavy atom. The minimum Gasteiger partial charge on any atom is -0.490 e. The molecule has 2 rings (SSSR count). The van der Waals surface area contributed by atoms with E-state index in [1.165, 1.54) is 3.57 Å². The Labute approximate surface area is 98.2 Å². The van der Waals surface area contributed by atoms with Gasteiger partial charge in [0.15, 0.2) is 0 Å². The summed E-state index contributed by atoms with van der Waals surface area (Å²) in [4.78, 5) is 0. The molecule has 0 saturated heterocycles. The second kappa shape index (κ2) is 4.49. The molecule has 3 heteroatoms. The molecule has 2 nitrogen and oxygen atoms in total. The Balaban J connectivity index is 1.84. The van der Waals surface area contributed by atoms with Crippen molar-refractivity contribution >= 4 is 22.6 Å². The van der Waals surface area contributed by atoms with E-state index < -0.39 is 0 Å². The highest BCUT2D eigenvalue weighted by molar-refractivity contribution is 14.1. The van der Waals surface area contributed by atoms with Crippen LogP contribution in [0.15, 0.2) is 24.3 Å². The summed E-state index contributed by atoms with van der Waals surface area (Å²) in [6, 6.07) is 8.88. The molecule has 0 unspecified atom stereocenters. The van der Waals surface area contributed by atoms with Crippen LogP contribution >= 0.6 is 22.6 Å². The van der Waals surface area contributed by atoms with Crippen molar-refractivity contribution in [2.75, 3.05) is 7.05 Å². The largest absolute Gasteiger partial charge is 0.490 e. The molecule has 0 bridgehead atoms. The third kappa shape index (κ3) is 2.39. The van der Waals surface area contributed by atoms with Crippen LogP contribution in [0.5, 0.6) is 5.75 Å². The Hall–Kier alpha value is -0.290. The zero-order valence-electron chi connectivity index (χ0n) is 8.16. The van der Waals surface area contributed by atoms with Crippen LogP contribution in [0.3, 0.4) is 0 Å². The Morgan fingerprint density at radius 1 is 1.29 bits per heavy atom. The molecule has 0 radical (unpaired) electrons. The van der Waals surface area contributed by atoms with E-state index in [0.717, 1.165) is 18.6 Å². The summed E-state index contributed by atoms with van der Waals surface area (Å²) in [7, 11) is 2.01. The van der Waals surface area contributed by atoms with E-state index >= 15 is 0 Å². The molecule has 1 N–H and O–H groups in total. The zero-order chi connectivity index (χ0) is 9.97. The van der Waals surface area contributed by atoms with Crippen LogP contribution in [-0.4, -0.2) is 19.2 Å². The molecule has 14 heavy (non-hydrogen) atoms. The van der Waals surface area contributed by atoms with Gasteiger partial charge < -0.3 is 10.1 Å². The molecule has 1 fully saturated rings. The van der Waals surface area contributed by atoms with Gasteiger partial charge in [0.25, 0.3) is 0 Å². The second-order valence-corrected chi connectivity index (χ2v) is 4.90. The molecule has 1 aliphatic rings. The van der Waals surface area contributed by atoms with E-state index in [9.17, 15) is 0 Å². The van der Waals surface area contributed by atoms with E-state index in [0.29, 0.717) is 12.1 Å². The highest BCUT2D eigenvalue weighted by Gasteiger charge is 2.29. The molecule has 0 aromatic heterocycles. The van der Waals surface area contributed by atoms with Crippen LogP contribution < -0.4 is 10.1 Å². The van der Waals surface area contributed by atoms with Crippen molar-refractivity contribution in [2.24, 2.45) is 0 Å². The van der Waals surface area contributed by atoms with Crippen molar-refractivity contribution in [1.29, 1.82) is 0 Å². The molecule has 0 heterocycles. The van der Waals surface area contributed by atoms with Crippen molar-refractivity contribution in [1.82, 2.24) is 5.32 Å². The monoisotopic (exact) mass is 303 g/mol. The maximum Gasteiger partial charge on any atom is 0.119 e. The van der Waals surface area contributed by atoms with E-state index in [1.54, 1.807) is 0 Å². The number of benzene rings is 1. The van der Waals surface area contributed by atoms with Crippen molar-refractivity contribution in [3.8, 4) is 5.75 Å². The summed E-state index contributed by atoms with van der Waals surface area (Å²) >= 11 is 2.30. The molecule has 76 valence electrons. The fourth-order valence-corrected chi connectivity index (χ4v) is 1.96. The van der Waals surface area contributed by atoms with Gasteiger partial charge in [0.2, 0.25) is 0 Å². The lowest BCUT2D eigenvalue weighted by Gasteiger charge is -2.35. The Bertz CT molecular complexity index is 293. The first-order valence-electron chi connectivity index (χ1n) is 4.87. The maximum atomic E-state index is 5.79. The SMILES string of the molecule is CNC1CC(Oc2ccc(I)cc2)C1. The van der Waals surface area contributed by atoms with Crippen molar-refractivity contribution in [3.05, 3.63) is 27.8 Å².